The topological polar surface area (TPSA) is 67.7 Å². The Kier molecular flexibility index (Phi) is 5.99. The van der Waals surface area contributed by atoms with Crippen LogP contribution in [0.5, 0.6) is 0 Å². The number of carbonyl (C=O) groups excluding carboxylic acids is 2. The lowest BCUT2D eigenvalue weighted by Crippen LogP contribution is -2.38. The smallest absolute Gasteiger partial charge is 0.228 e. The van der Waals surface area contributed by atoms with Gasteiger partial charge in [0, 0.05) is 52.0 Å². The molecule has 1 aromatic heterocycles. The Bertz CT molecular complexity index is 599. The highest BCUT2D eigenvalue weighted by Gasteiger charge is 2.46. The van der Waals surface area contributed by atoms with Gasteiger partial charge in [0.25, 0.3) is 0 Å². The van der Waals surface area contributed by atoms with Crippen molar-refractivity contribution < 1.29 is 14.3 Å². The molecular formula is C17H28N4O3. The summed E-state index contributed by atoms with van der Waals surface area (Å²) in [5.74, 6) is -0.337. The van der Waals surface area contributed by atoms with Crippen molar-refractivity contribution in [3.05, 3.63) is 17.5 Å². The highest BCUT2D eigenvalue weighted by atomic mass is 16.5. The van der Waals surface area contributed by atoms with E-state index in [0.717, 1.165) is 17.7 Å². The average Bonchev–Trinajstić information content (AvgIpc) is 3.05. The lowest BCUT2D eigenvalue weighted by molar-refractivity contribution is -0.135. The SMILES string of the molecule is CCCN(C)C(=O)[C@H]1CC(=O)N(CCOC)[C@@H]1c1cnn(C)c1C. The predicted molar refractivity (Wildman–Crippen MR) is 90.3 cm³/mol. The fourth-order valence-corrected chi connectivity index (χ4v) is 3.38. The Hall–Kier alpha value is -1.89. The van der Waals surface area contributed by atoms with Crippen LogP contribution in [0.3, 0.4) is 0 Å². The van der Waals surface area contributed by atoms with Gasteiger partial charge in [-0.05, 0) is 13.3 Å². The summed E-state index contributed by atoms with van der Waals surface area (Å²) in [5, 5.41) is 4.30. The minimum Gasteiger partial charge on any atom is -0.383 e. The first kappa shape index (κ1) is 18.4. The Morgan fingerprint density at radius 3 is 2.75 bits per heavy atom. The fraction of sp³-hybridized carbons (Fsp3) is 0.706. The summed E-state index contributed by atoms with van der Waals surface area (Å²) in [6.07, 6.45) is 2.92. The van der Waals surface area contributed by atoms with Crippen molar-refractivity contribution in [1.82, 2.24) is 19.6 Å². The van der Waals surface area contributed by atoms with Crippen molar-refractivity contribution in [3.8, 4) is 0 Å². The second-order valence-corrected chi connectivity index (χ2v) is 6.40. The molecule has 2 rings (SSSR count). The zero-order chi connectivity index (χ0) is 17.9. The first-order valence-corrected chi connectivity index (χ1v) is 8.44. The molecule has 0 aromatic carbocycles. The van der Waals surface area contributed by atoms with Crippen LogP contribution in [0.15, 0.2) is 6.20 Å². The zero-order valence-electron chi connectivity index (χ0n) is 15.3. The average molecular weight is 336 g/mol. The highest BCUT2D eigenvalue weighted by molar-refractivity contribution is 5.90. The largest absolute Gasteiger partial charge is 0.383 e. The quantitative estimate of drug-likeness (QED) is 0.749. The molecule has 2 heterocycles. The Morgan fingerprint density at radius 2 is 2.21 bits per heavy atom. The summed E-state index contributed by atoms with van der Waals surface area (Å²) in [4.78, 5) is 28.9. The first-order chi connectivity index (χ1) is 11.4. The van der Waals surface area contributed by atoms with Crippen LogP contribution < -0.4 is 0 Å². The van der Waals surface area contributed by atoms with Crippen LogP contribution in [-0.4, -0.2) is 65.2 Å². The molecule has 1 aliphatic heterocycles. The van der Waals surface area contributed by atoms with E-state index >= 15 is 0 Å². The summed E-state index contributed by atoms with van der Waals surface area (Å²) in [5.41, 5.74) is 1.93. The Labute approximate surface area is 143 Å². The van der Waals surface area contributed by atoms with Gasteiger partial charge in [-0.3, -0.25) is 14.3 Å². The first-order valence-electron chi connectivity index (χ1n) is 8.44. The molecule has 0 spiro atoms. The van der Waals surface area contributed by atoms with E-state index in [1.807, 2.05) is 20.9 Å². The van der Waals surface area contributed by atoms with Gasteiger partial charge in [0.05, 0.1) is 24.8 Å². The number of amides is 2. The van der Waals surface area contributed by atoms with Crippen LogP contribution in [0.2, 0.25) is 0 Å². The molecule has 7 heteroatoms. The molecule has 1 saturated heterocycles. The summed E-state index contributed by atoms with van der Waals surface area (Å²) in [6.45, 7) is 5.64. The molecule has 2 amide bonds. The molecule has 1 aliphatic rings. The number of carbonyl (C=O) groups is 2. The molecule has 1 aromatic rings. The number of rotatable bonds is 7. The highest BCUT2D eigenvalue weighted by Crippen LogP contribution is 2.40. The van der Waals surface area contributed by atoms with Gasteiger partial charge in [0.1, 0.15) is 0 Å². The molecule has 1 fully saturated rings. The fourth-order valence-electron chi connectivity index (χ4n) is 3.38. The molecule has 0 bridgehead atoms. The van der Waals surface area contributed by atoms with Gasteiger partial charge in [0.15, 0.2) is 0 Å². The number of ether oxygens (including phenoxy) is 1. The van der Waals surface area contributed by atoms with E-state index in [0.29, 0.717) is 19.7 Å². The minimum absolute atomic E-state index is 0.00329. The minimum atomic E-state index is -0.367. The molecular weight excluding hydrogens is 308 g/mol. The van der Waals surface area contributed by atoms with Crippen LogP contribution in [0.1, 0.15) is 37.1 Å². The summed E-state index contributed by atoms with van der Waals surface area (Å²) in [7, 11) is 5.29. The van der Waals surface area contributed by atoms with Crippen molar-refractivity contribution in [3.63, 3.8) is 0 Å². The molecule has 134 valence electrons. The van der Waals surface area contributed by atoms with Gasteiger partial charge in [-0.15, -0.1) is 0 Å². The van der Waals surface area contributed by atoms with E-state index in [1.165, 1.54) is 0 Å². The van der Waals surface area contributed by atoms with E-state index in [-0.39, 0.29) is 30.2 Å². The molecule has 24 heavy (non-hydrogen) atoms. The maximum absolute atomic E-state index is 12.9. The van der Waals surface area contributed by atoms with E-state index in [4.69, 9.17) is 4.74 Å². The zero-order valence-corrected chi connectivity index (χ0v) is 15.3. The standard InChI is InChI=1S/C17H28N4O3/c1-6-7-19(3)17(23)13-10-15(22)21(8-9-24-5)16(13)14-11-18-20(4)12(14)2/h11,13,16H,6-10H2,1-5H3/t13-,16-/m0/s1. The summed E-state index contributed by atoms with van der Waals surface area (Å²) < 4.78 is 6.93. The second-order valence-electron chi connectivity index (χ2n) is 6.40. The normalized spacial score (nSPS) is 20.7. The van der Waals surface area contributed by atoms with Crippen molar-refractivity contribution in [2.75, 3.05) is 33.9 Å². The Balaban J connectivity index is 2.36. The number of methoxy groups -OCH3 is 1. The second kappa shape index (κ2) is 7.79. The third kappa shape index (κ3) is 3.45. The third-order valence-electron chi connectivity index (χ3n) is 4.81. The monoisotopic (exact) mass is 336 g/mol. The maximum Gasteiger partial charge on any atom is 0.228 e. The van der Waals surface area contributed by atoms with Gasteiger partial charge in [-0.1, -0.05) is 6.92 Å². The van der Waals surface area contributed by atoms with Crippen LogP contribution >= 0.6 is 0 Å². The van der Waals surface area contributed by atoms with Crippen LogP contribution in [-0.2, 0) is 21.4 Å². The van der Waals surface area contributed by atoms with E-state index in [2.05, 4.69) is 5.10 Å². The van der Waals surface area contributed by atoms with E-state index < -0.39 is 0 Å². The number of hydrogen-bond acceptors (Lipinski definition) is 4. The lowest BCUT2D eigenvalue weighted by atomic mass is 9.92. The van der Waals surface area contributed by atoms with Crippen molar-refractivity contribution in [1.29, 1.82) is 0 Å². The van der Waals surface area contributed by atoms with Gasteiger partial charge < -0.3 is 14.5 Å². The molecule has 0 unspecified atom stereocenters. The molecule has 0 radical (unpaired) electrons. The van der Waals surface area contributed by atoms with Gasteiger partial charge in [0.2, 0.25) is 11.8 Å². The third-order valence-corrected chi connectivity index (χ3v) is 4.81. The molecule has 0 aliphatic carbocycles. The molecule has 0 N–H and O–H groups in total. The summed E-state index contributed by atoms with van der Waals surface area (Å²) >= 11 is 0. The van der Waals surface area contributed by atoms with Crippen molar-refractivity contribution in [2.24, 2.45) is 13.0 Å². The number of nitrogens with zero attached hydrogens (tertiary/aromatic N) is 4. The number of aromatic nitrogens is 2. The number of likely N-dealkylation sites (tertiary alicyclic amines) is 1. The van der Waals surface area contributed by atoms with Crippen LogP contribution in [0.4, 0.5) is 0 Å². The van der Waals surface area contributed by atoms with Crippen LogP contribution in [0.25, 0.3) is 0 Å². The molecule has 2 atom stereocenters. The van der Waals surface area contributed by atoms with E-state index in [9.17, 15) is 9.59 Å². The van der Waals surface area contributed by atoms with E-state index in [1.54, 1.807) is 34.8 Å². The predicted octanol–water partition coefficient (Wildman–Crippen LogP) is 1.13. The van der Waals surface area contributed by atoms with Gasteiger partial charge in [-0.2, -0.15) is 5.10 Å². The van der Waals surface area contributed by atoms with Crippen LogP contribution in [0, 0.1) is 12.8 Å². The molecule has 7 nitrogen and oxygen atoms in total. The van der Waals surface area contributed by atoms with Gasteiger partial charge in [-0.25, -0.2) is 0 Å². The summed E-state index contributed by atoms with van der Waals surface area (Å²) in [6, 6.07) is -0.270. The maximum atomic E-state index is 12.9. The number of aryl methyl sites for hydroxylation is 1. The van der Waals surface area contributed by atoms with Crippen molar-refractivity contribution >= 4 is 11.8 Å². The molecule has 0 saturated carbocycles. The Morgan fingerprint density at radius 1 is 1.50 bits per heavy atom. The van der Waals surface area contributed by atoms with Gasteiger partial charge >= 0.3 is 0 Å². The van der Waals surface area contributed by atoms with Crippen molar-refractivity contribution in [2.45, 2.75) is 32.7 Å². The lowest BCUT2D eigenvalue weighted by Gasteiger charge is -2.29. The number of hydrogen-bond donors (Lipinski definition) is 0.